The van der Waals surface area contributed by atoms with Gasteiger partial charge in [0.15, 0.2) is 5.82 Å². The summed E-state index contributed by atoms with van der Waals surface area (Å²) in [6.45, 7) is 5.54. The van der Waals surface area contributed by atoms with E-state index in [0.717, 1.165) is 16.8 Å². The van der Waals surface area contributed by atoms with Gasteiger partial charge in [-0.05, 0) is 25.1 Å². The van der Waals surface area contributed by atoms with Gasteiger partial charge in [0.25, 0.3) is 0 Å². The summed E-state index contributed by atoms with van der Waals surface area (Å²) in [7, 11) is 0. The standard InChI is InChI=1S/C13H11Cl2N3/c1-3-9-7(2)17-13(18-12(9)16)8-4-5-10(14)11(15)6-8/h3-6H,1H2,2H3,(H2,16,17,18). The molecule has 1 aromatic carbocycles. The average molecular weight is 280 g/mol. The molecule has 0 aliphatic carbocycles. The van der Waals surface area contributed by atoms with E-state index in [0.29, 0.717) is 21.7 Å². The fourth-order valence-electron chi connectivity index (χ4n) is 1.62. The molecule has 0 amide bonds. The molecule has 0 fully saturated rings. The van der Waals surface area contributed by atoms with Crippen molar-refractivity contribution < 1.29 is 0 Å². The molecule has 18 heavy (non-hydrogen) atoms. The third-order valence-electron chi connectivity index (χ3n) is 2.55. The van der Waals surface area contributed by atoms with Crippen LogP contribution in [-0.4, -0.2) is 9.97 Å². The Morgan fingerprint density at radius 3 is 2.50 bits per heavy atom. The Bertz CT molecular complexity index is 601. The quantitative estimate of drug-likeness (QED) is 0.905. The Kier molecular flexibility index (Phi) is 3.55. The SMILES string of the molecule is C=Cc1c(C)nc(-c2ccc(Cl)c(Cl)c2)nc1N. The molecule has 0 saturated carbocycles. The molecule has 2 aromatic rings. The molecule has 0 unspecified atom stereocenters. The van der Waals surface area contributed by atoms with Gasteiger partial charge in [-0.2, -0.15) is 0 Å². The van der Waals surface area contributed by atoms with Gasteiger partial charge in [0.1, 0.15) is 5.82 Å². The molecule has 0 atom stereocenters. The molecule has 0 saturated heterocycles. The van der Waals surface area contributed by atoms with Gasteiger partial charge < -0.3 is 5.73 Å². The summed E-state index contributed by atoms with van der Waals surface area (Å²) < 4.78 is 0. The minimum atomic E-state index is 0.401. The molecule has 0 spiro atoms. The third kappa shape index (κ3) is 2.33. The number of halogens is 2. The summed E-state index contributed by atoms with van der Waals surface area (Å²) in [5, 5.41) is 0.953. The van der Waals surface area contributed by atoms with E-state index >= 15 is 0 Å². The number of aryl methyl sites for hydroxylation is 1. The minimum Gasteiger partial charge on any atom is -0.383 e. The summed E-state index contributed by atoms with van der Waals surface area (Å²) in [6, 6.07) is 5.22. The lowest BCUT2D eigenvalue weighted by Gasteiger charge is -2.08. The highest BCUT2D eigenvalue weighted by Crippen LogP contribution is 2.28. The van der Waals surface area contributed by atoms with Gasteiger partial charge in [0, 0.05) is 11.1 Å². The topological polar surface area (TPSA) is 51.8 Å². The Hall–Kier alpha value is -1.58. The van der Waals surface area contributed by atoms with Crippen LogP contribution in [0.2, 0.25) is 10.0 Å². The van der Waals surface area contributed by atoms with Gasteiger partial charge in [-0.1, -0.05) is 35.9 Å². The third-order valence-corrected chi connectivity index (χ3v) is 3.29. The summed E-state index contributed by atoms with van der Waals surface area (Å²) >= 11 is 11.8. The van der Waals surface area contributed by atoms with Gasteiger partial charge >= 0.3 is 0 Å². The van der Waals surface area contributed by atoms with Gasteiger partial charge in [-0.15, -0.1) is 0 Å². The zero-order valence-electron chi connectivity index (χ0n) is 9.74. The molecule has 0 aliphatic rings. The fraction of sp³-hybridized carbons (Fsp3) is 0.0769. The second-order valence-electron chi connectivity index (χ2n) is 3.76. The lowest BCUT2D eigenvalue weighted by molar-refractivity contribution is 1.11. The van der Waals surface area contributed by atoms with E-state index in [1.165, 1.54) is 0 Å². The molecule has 0 bridgehead atoms. The van der Waals surface area contributed by atoms with Crippen molar-refractivity contribution in [1.82, 2.24) is 9.97 Å². The van der Waals surface area contributed by atoms with E-state index in [2.05, 4.69) is 16.5 Å². The average Bonchev–Trinajstić information content (AvgIpc) is 2.32. The van der Waals surface area contributed by atoms with Crippen molar-refractivity contribution in [3.8, 4) is 11.4 Å². The Labute approximate surface area is 115 Å². The van der Waals surface area contributed by atoms with Crippen LogP contribution < -0.4 is 5.73 Å². The number of aromatic nitrogens is 2. The molecule has 2 rings (SSSR count). The number of nitrogens with zero attached hydrogens (tertiary/aromatic N) is 2. The number of nitrogens with two attached hydrogens (primary N) is 1. The lowest BCUT2D eigenvalue weighted by Crippen LogP contribution is -2.02. The highest BCUT2D eigenvalue weighted by atomic mass is 35.5. The molecule has 1 heterocycles. The van der Waals surface area contributed by atoms with Crippen LogP contribution in [0.25, 0.3) is 17.5 Å². The molecule has 0 radical (unpaired) electrons. The van der Waals surface area contributed by atoms with Crippen LogP contribution in [0.5, 0.6) is 0 Å². The van der Waals surface area contributed by atoms with E-state index in [9.17, 15) is 0 Å². The van der Waals surface area contributed by atoms with Gasteiger partial charge in [-0.3, -0.25) is 0 Å². The predicted molar refractivity (Wildman–Crippen MR) is 76.7 cm³/mol. The molecule has 0 aliphatic heterocycles. The van der Waals surface area contributed by atoms with Crippen LogP contribution in [-0.2, 0) is 0 Å². The van der Waals surface area contributed by atoms with E-state index in [1.807, 2.05) is 6.92 Å². The van der Waals surface area contributed by atoms with Crippen molar-refractivity contribution in [1.29, 1.82) is 0 Å². The summed E-state index contributed by atoms with van der Waals surface area (Å²) in [5.41, 5.74) is 8.15. The van der Waals surface area contributed by atoms with Gasteiger partial charge in [0.05, 0.1) is 15.7 Å². The van der Waals surface area contributed by atoms with Crippen molar-refractivity contribution >= 4 is 35.1 Å². The van der Waals surface area contributed by atoms with Crippen molar-refractivity contribution in [3.05, 3.63) is 46.1 Å². The first kappa shape index (κ1) is 12.9. The maximum absolute atomic E-state index is 5.97. The van der Waals surface area contributed by atoms with Crippen molar-refractivity contribution in [2.45, 2.75) is 6.92 Å². The van der Waals surface area contributed by atoms with E-state index in [-0.39, 0.29) is 0 Å². The maximum Gasteiger partial charge on any atom is 0.161 e. The van der Waals surface area contributed by atoms with Crippen LogP contribution in [0.4, 0.5) is 5.82 Å². The Morgan fingerprint density at radius 2 is 1.94 bits per heavy atom. The number of nitrogen functional groups attached to an aromatic ring is 1. The maximum atomic E-state index is 5.97. The summed E-state index contributed by atoms with van der Waals surface area (Å²) in [4.78, 5) is 8.62. The predicted octanol–water partition coefficient (Wildman–Crippen LogP) is 3.98. The smallest absolute Gasteiger partial charge is 0.161 e. The zero-order valence-corrected chi connectivity index (χ0v) is 11.3. The molecule has 1 aromatic heterocycles. The lowest BCUT2D eigenvalue weighted by atomic mass is 10.1. The van der Waals surface area contributed by atoms with Crippen LogP contribution in [0, 0.1) is 6.92 Å². The number of hydrogen-bond acceptors (Lipinski definition) is 3. The highest BCUT2D eigenvalue weighted by molar-refractivity contribution is 6.42. The Balaban J connectivity index is 2.58. The van der Waals surface area contributed by atoms with Crippen LogP contribution in [0.15, 0.2) is 24.8 Å². The monoisotopic (exact) mass is 279 g/mol. The van der Waals surface area contributed by atoms with E-state index < -0.39 is 0 Å². The second-order valence-corrected chi connectivity index (χ2v) is 4.58. The van der Waals surface area contributed by atoms with Crippen molar-refractivity contribution in [3.63, 3.8) is 0 Å². The van der Waals surface area contributed by atoms with Gasteiger partial charge in [0.2, 0.25) is 0 Å². The van der Waals surface area contributed by atoms with Crippen molar-refractivity contribution in [2.24, 2.45) is 0 Å². The van der Waals surface area contributed by atoms with Crippen molar-refractivity contribution in [2.75, 3.05) is 5.73 Å². The molecular formula is C13H11Cl2N3. The number of anilines is 1. The Morgan fingerprint density at radius 1 is 1.22 bits per heavy atom. The summed E-state index contributed by atoms with van der Waals surface area (Å²) in [6.07, 6.45) is 1.64. The second kappa shape index (κ2) is 4.96. The number of rotatable bonds is 2. The first-order chi connectivity index (χ1) is 8.52. The normalized spacial score (nSPS) is 10.4. The minimum absolute atomic E-state index is 0.401. The molecule has 3 nitrogen and oxygen atoms in total. The first-order valence-corrected chi connectivity index (χ1v) is 6.00. The van der Waals surface area contributed by atoms with Crippen LogP contribution >= 0.6 is 23.2 Å². The number of benzene rings is 1. The molecular weight excluding hydrogens is 269 g/mol. The molecule has 2 N–H and O–H groups in total. The highest BCUT2D eigenvalue weighted by Gasteiger charge is 2.09. The van der Waals surface area contributed by atoms with Gasteiger partial charge in [-0.25, -0.2) is 9.97 Å². The van der Waals surface area contributed by atoms with Crippen LogP contribution in [0.1, 0.15) is 11.3 Å². The fourth-order valence-corrected chi connectivity index (χ4v) is 1.92. The first-order valence-electron chi connectivity index (χ1n) is 5.25. The molecule has 5 heteroatoms. The number of hydrogen-bond donors (Lipinski definition) is 1. The summed E-state index contributed by atoms with van der Waals surface area (Å²) in [5.74, 6) is 0.924. The van der Waals surface area contributed by atoms with E-state index in [1.54, 1.807) is 24.3 Å². The van der Waals surface area contributed by atoms with Crippen LogP contribution in [0.3, 0.4) is 0 Å². The largest absolute Gasteiger partial charge is 0.383 e. The van der Waals surface area contributed by atoms with E-state index in [4.69, 9.17) is 28.9 Å². The zero-order chi connectivity index (χ0) is 13.3. The molecule has 92 valence electrons.